The second-order valence-electron chi connectivity index (χ2n) is 8.18. The SMILES string of the molecule is Cc1nn(Cc2ccc(NC(=O)CCN3C(=O)C(=O)c4ccccc43)cc2)c(C)c1CC(=O)O. The normalized spacial score (nSPS) is 12.7. The van der Waals surface area contributed by atoms with Crippen molar-refractivity contribution >= 4 is 34.9 Å². The predicted molar refractivity (Wildman–Crippen MR) is 125 cm³/mol. The van der Waals surface area contributed by atoms with Gasteiger partial charge in [-0.25, -0.2) is 0 Å². The van der Waals surface area contributed by atoms with Gasteiger partial charge in [0.25, 0.3) is 11.7 Å². The highest BCUT2D eigenvalue weighted by atomic mass is 16.4. The molecular weight excluding hydrogens is 436 g/mol. The van der Waals surface area contributed by atoms with Crippen molar-refractivity contribution in [2.24, 2.45) is 0 Å². The quantitative estimate of drug-likeness (QED) is 0.499. The van der Waals surface area contributed by atoms with Gasteiger partial charge in [0.2, 0.25) is 5.91 Å². The van der Waals surface area contributed by atoms with Crippen LogP contribution in [0.15, 0.2) is 48.5 Å². The van der Waals surface area contributed by atoms with Crippen molar-refractivity contribution in [1.82, 2.24) is 9.78 Å². The third kappa shape index (κ3) is 4.59. The molecule has 0 bridgehead atoms. The minimum Gasteiger partial charge on any atom is -0.481 e. The predicted octanol–water partition coefficient (Wildman–Crippen LogP) is 2.73. The molecule has 1 aliphatic heterocycles. The summed E-state index contributed by atoms with van der Waals surface area (Å²) in [7, 11) is 0. The highest BCUT2D eigenvalue weighted by molar-refractivity contribution is 6.52. The lowest BCUT2D eigenvalue weighted by molar-refractivity contribution is -0.136. The first kappa shape index (κ1) is 22.9. The van der Waals surface area contributed by atoms with Crippen LogP contribution in [0.1, 0.15) is 39.3 Å². The van der Waals surface area contributed by atoms with Crippen molar-refractivity contribution < 1.29 is 24.3 Å². The third-order valence-corrected chi connectivity index (χ3v) is 5.87. The van der Waals surface area contributed by atoms with Gasteiger partial charge in [-0.15, -0.1) is 0 Å². The molecule has 0 saturated carbocycles. The maximum absolute atomic E-state index is 12.4. The Morgan fingerprint density at radius 3 is 2.44 bits per heavy atom. The summed E-state index contributed by atoms with van der Waals surface area (Å²) in [5.74, 6) is -2.33. The number of amides is 2. The zero-order valence-corrected chi connectivity index (χ0v) is 18.9. The van der Waals surface area contributed by atoms with Gasteiger partial charge < -0.3 is 15.3 Å². The number of aliphatic carboxylic acids is 1. The molecule has 0 radical (unpaired) electrons. The Bertz CT molecular complexity index is 1290. The molecule has 174 valence electrons. The van der Waals surface area contributed by atoms with Crippen LogP contribution in [0.2, 0.25) is 0 Å². The van der Waals surface area contributed by atoms with Crippen LogP contribution in [0.25, 0.3) is 0 Å². The highest BCUT2D eigenvalue weighted by Crippen LogP contribution is 2.28. The standard InChI is InChI=1S/C25H24N4O5/c1-15-20(13-23(31)32)16(2)29(27-15)14-17-7-9-18(10-8-17)26-22(30)11-12-28-21-6-4-3-5-19(21)24(33)25(28)34/h3-10H,11-14H2,1-2H3,(H,26,30)(H,31,32). The fourth-order valence-electron chi connectivity index (χ4n) is 4.07. The first-order valence-electron chi connectivity index (χ1n) is 10.8. The maximum atomic E-state index is 12.4. The molecule has 34 heavy (non-hydrogen) atoms. The summed E-state index contributed by atoms with van der Waals surface area (Å²) in [6, 6.07) is 14.0. The zero-order valence-electron chi connectivity index (χ0n) is 18.9. The van der Waals surface area contributed by atoms with Gasteiger partial charge in [0, 0.05) is 29.9 Å². The number of ketones is 1. The number of aryl methyl sites for hydroxylation is 1. The maximum Gasteiger partial charge on any atom is 0.307 e. The summed E-state index contributed by atoms with van der Waals surface area (Å²) in [6.07, 6.45) is -0.0153. The van der Waals surface area contributed by atoms with Crippen LogP contribution >= 0.6 is 0 Å². The number of carboxylic acid groups (broad SMARTS) is 1. The molecule has 0 atom stereocenters. The fraction of sp³-hybridized carbons (Fsp3) is 0.240. The van der Waals surface area contributed by atoms with Gasteiger partial charge in [-0.2, -0.15) is 5.10 Å². The van der Waals surface area contributed by atoms with Crippen molar-refractivity contribution in [2.45, 2.75) is 33.2 Å². The Morgan fingerprint density at radius 1 is 1.03 bits per heavy atom. The Balaban J connectivity index is 1.35. The number of aromatic nitrogens is 2. The monoisotopic (exact) mass is 460 g/mol. The molecule has 0 spiro atoms. The smallest absolute Gasteiger partial charge is 0.307 e. The largest absolute Gasteiger partial charge is 0.481 e. The van der Waals surface area contributed by atoms with Crippen LogP contribution in [-0.2, 0) is 27.3 Å². The van der Waals surface area contributed by atoms with E-state index in [0.717, 1.165) is 16.8 Å². The van der Waals surface area contributed by atoms with Crippen molar-refractivity contribution in [3.63, 3.8) is 0 Å². The van der Waals surface area contributed by atoms with Crippen LogP contribution in [0.4, 0.5) is 11.4 Å². The number of hydrogen-bond acceptors (Lipinski definition) is 5. The van der Waals surface area contributed by atoms with Gasteiger partial charge in [-0.3, -0.25) is 23.9 Å². The molecule has 2 aromatic carbocycles. The van der Waals surface area contributed by atoms with E-state index < -0.39 is 17.7 Å². The molecule has 3 aromatic rings. The van der Waals surface area contributed by atoms with Gasteiger partial charge in [-0.1, -0.05) is 24.3 Å². The summed E-state index contributed by atoms with van der Waals surface area (Å²) in [5.41, 5.74) is 4.68. The second-order valence-corrected chi connectivity index (χ2v) is 8.18. The minimum atomic E-state index is -0.893. The molecule has 9 heteroatoms. The van der Waals surface area contributed by atoms with Crippen LogP contribution in [0, 0.1) is 13.8 Å². The van der Waals surface area contributed by atoms with E-state index in [-0.39, 0.29) is 25.3 Å². The second kappa shape index (κ2) is 9.30. The molecule has 0 saturated heterocycles. The van der Waals surface area contributed by atoms with Crippen molar-refractivity contribution in [3.05, 3.63) is 76.6 Å². The summed E-state index contributed by atoms with van der Waals surface area (Å²) >= 11 is 0. The van der Waals surface area contributed by atoms with Gasteiger partial charge in [0.15, 0.2) is 0 Å². The van der Waals surface area contributed by atoms with Crippen LogP contribution in [-0.4, -0.2) is 45.0 Å². The molecular formula is C25H24N4O5. The Kier molecular flexibility index (Phi) is 6.27. The number of anilines is 2. The van der Waals surface area contributed by atoms with Crippen LogP contribution in [0.3, 0.4) is 0 Å². The van der Waals surface area contributed by atoms with Crippen LogP contribution < -0.4 is 10.2 Å². The number of carbonyl (C=O) groups excluding carboxylic acids is 3. The van der Waals surface area contributed by atoms with E-state index >= 15 is 0 Å². The molecule has 0 fully saturated rings. The lowest BCUT2D eigenvalue weighted by Gasteiger charge is -2.16. The number of nitrogens with one attached hydrogen (secondary N) is 1. The fourth-order valence-corrected chi connectivity index (χ4v) is 4.07. The van der Waals surface area contributed by atoms with Gasteiger partial charge in [0.05, 0.1) is 29.9 Å². The Hall–Kier alpha value is -4.27. The summed E-state index contributed by atoms with van der Waals surface area (Å²) < 4.78 is 1.77. The third-order valence-electron chi connectivity index (χ3n) is 5.87. The minimum absolute atomic E-state index is 0.0488. The number of hydrogen-bond donors (Lipinski definition) is 2. The van der Waals surface area contributed by atoms with E-state index in [0.29, 0.717) is 29.2 Å². The number of nitrogens with zero attached hydrogens (tertiary/aromatic N) is 3. The van der Waals surface area contributed by atoms with Gasteiger partial charge in [-0.05, 0) is 43.7 Å². The van der Waals surface area contributed by atoms with E-state index in [1.807, 2.05) is 19.1 Å². The van der Waals surface area contributed by atoms with Crippen molar-refractivity contribution in [1.29, 1.82) is 0 Å². The summed E-state index contributed by atoms with van der Waals surface area (Å²) in [6.45, 7) is 4.24. The summed E-state index contributed by atoms with van der Waals surface area (Å²) in [5, 5.41) is 16.3. The number of para-hydroxylation sites is 1. The molecule has 1 aromatic heterocycles. The Morgan fingerprint density at radius 2 is 1.74 bits per heavy atom. The van der Waals surface area contributed by atoms with Crippen molar-refractivity contribution in [2.75, 3.05) is 16.8 Å². The average molecular weight is 460 g/mol. The molecule has 2 amide bonds. The van der Waals surface area contributed by atoms with E-state index in [9.17, 15) is 19.2 Å². The molecule has 0 aliphatic carbocycles. The molecule has 4 rings (SSSR count). The number of Topliss-reactive ketones (excluding diaryl/α,β-unsaturated/α-hetero) is 1. The van der Waals surface area contributed by atoms with E-state index in [1.54, 1.807) is 48.0 Å². The van der Waals surface area contributed by atoms with E-state index in [4.69, 9.17) is 5.11 Å². The number of carbonyl (C=O) groups is 4. The highest BCUT2D eigenvalue weighted by Gasteiger charge is 2.35. The molecule has 0 unspecified atom stereocenters. The first-order chi connectivity index (χ1) is 16.2. The molecule has 1 aliphatic rings. The van der Waals surface area contributed by atoms with Crippen molar-refractivity contribution in [3.8, 4) is 0 Å². The number of benzene rings is 2. The molecule has 9 nitrogen and oxygen atoms in total. The lowest BCUT2D eigenvalue weighted by atomic mass is 10.1. The van der Waals surface area contributed by atoms with Gasteiger partial charge >= 0.3 is 5.97 Å². The van der Waals surface area contributed by atoms with E-state index in [2.05, 4.69) is 10.4 Å². The van der Waals surface area contributed by atoms with Gasteiger partial charge in [0.1, 0.15) is 0 Å². The van der Waals surface area contributed by atoms with Crippen LogP contribution in [0.5, 0.6) is 0 Å². The number of fused-ring (bicyclic) bond motifs is 1. The lowest BCUT2D eigenvalue weighted by Crippen LogP contribution is -2.32. The van der Waals surface area contributed by atoms with E-state index in [1.165, 1.54) is 4.90 Å². The average Bonchev–Trinajstić information content (AvgIpc) is 3.21. The zero-order chi connectivity index (χ0) is 24.4. The molecule has 2 N–H and O–H groups in total. The number of rotatable bonds is 8. The molecule has 2 heterocycles. The number of carboxylic acids is 1. The topological polar surface area (TPSA) is 122 Å². The first-order valence-corrected chi connectivity index (χ1v) is 10.8. The summed E-state index contributed by atoms with van der Waals surface area (Å²) in [4.78, 5) is 49.1. The Labute approximate surface area is 196 Å².